The van der Waals surface area contributed by atoms with Gasteiger partial charge in [0.1, 0.15) is 5.82 Å². The molecule has 3 rings (SSSR count). The third-order valence-electron chi connectivity index (χ3n) is 4.36. The van der Waals surface area contributed by atoms with Crippen molar-refractivity contribution in [1.82, 2.24) is 4.98 Å². The number of nitrogens with one attached hydrogen (secondary N) is 2. The molecule has 0 fully saturated rings. The molecule has 0 bridgehead atoms. The molecule has 1 heterocycles. The van der Waals surface area contributed by atoms with Crippen LogP contribution in [0, 0.1) is 5.82 Å². The molecule has 0 radical (unpaired) electrons. The summed E-state index contributed by atoms with van der Waals surface area (Å²) in [5, 5.41) is 4.83. The number of para-hydroxylation sites is 1. The van der Waals surface area contributed by atoms with E-state index in [9.17, 15) is 17.6 Å². The molecule has 0 atom stereocenters. The van der Waals surface area contributed by atoms with Crippen molar-refractivity contribution < 1.29 is 17.6 Å². The fourth-order valence-electron chi connectivity index (χ4n) is 2.82. The van der Waals surface area contributed by atoms with Crippen molar-refractivity contribution in [2.45, 2.75) is 37.5 Å². The molecule has 0 spiro atoms. The number of halogens is 1. The number of sulfonamides is 1. The fraction of sp³-hybridized carbons (Fsp3) is 0.238. The SMILES string of the molecule is CC(C)c1ccccc1NC(=O)CCc1csc(NS(=O)(=O)c2ccc(F)cc2)n1. The maximum Gasteiger partial charge on any atom is 0.263 e. The normalized spacial score (nSPS) is 11.5. The predicted octanol–water partition coefficient (Wildman–Crippen LogP) is 4.78. The molecule has 6 nitrogen and oxygen atoms in total. The molecule has 0 aliphatic heterocycles. The second kappa shape index (κ2) is 9.36. The summed E-state index contributed by atoms with van der Waals surface area (Å²) in [7, 11) is -3.85. The highest BCUT2D eigenvalue weighted by atomic mass is 32.2. The minimum atomic E-state index is -3.85. The zero-order valence-corrected chi connectivity index (χ0v) is 18.2. The fourth-order valence-corrected chi connectivity index (χ4v) is 4.82. The standard InChI is InChI=1S/C21H22FN3O3S2/c1-14(2)18-5-3-4-6-19(18)24-20(26)12-9-16-13-29-21(23-16)25-30(27,28)17-10-7-15(22)8-11-17/h3-8,10-11,13-14H,9,12H2,1-2H3,(H,23,25)(H,24,26). The summed E-state index contributed by atoms with van der Waals surface area (Å²) in [5.41, 5.74) is 2.48. The Bertz CT molecular complexity index is 1130. The van der Waals surface area contributed by atoms with Gasteiger partial charge in [-0.05, 0) is 48.2 Å². The Kier molecular flexibility index (Phi) is 6.84. The molecule has 0 saturated heterocycles. The Hall–Kier alpha value is -2.78. The minimum Gasteiger partial charge on any atom is -0.326 e. The van der Waals surface area contributed by atoms with Crippen LogP contribution in [0.2, 0.25) is 0 Å². The van der Waals surface area contributed by atoms with Crippen LogP contribution in [0.4, 0.5) is 15.2 Å². The van der Waals surface area contributed by atoms with E-state index in [0.717, 1.165) is 34.7 Å². The number of aromatic nitrogens is 1. The second-order valence-corrected chi connectivity index (χ2v) is 9.53. The van der Waals surface area contributed by atoms with Crippen molar-refractivity contribution >= 4 is 38.1 Å². The molecular formula is C21H22FN3O3S2. The third-order valence-corrected chi connectivity index (χ3v) is 6.65. The van der Waals surface area contributed by atoms with Gasteiger partial charge in [-0.1, -0.05) is 32.0 Å². The van der Waals surface area contributed by atoms with Gasteiger partial charge in [0.15, 0.2) is 5.13 Å². The van der Waals surface area contributed by atoms with Crippen LogP contribution in [-0.2, 0) is 21.2 Å². The van der Waals surface area contributed by atoms with Crippen molar-refractivity contribution in [3.05, 3.63) is 71.0 Å². The summed E-state index contributed by atoms with van der Waals surface area (Å²) >= 11 is 1.13. The number of hydrogen-bond acceptors (Lipinski definition) is 5. The molecule has 3 aromatic rings. The van der Waals surface area contributed by atoms with Gasteiger partial charge in [0.2, 0.25) is 5.91 Å². The highest BCUT2D eigenvalue weighted by Crippen LogP contribution is 2.24. The monoisotopic (exact) mass is 447 g/mol. The number of nitrogens with zero attached hydrogens (tertiary/aromatic N) is 1. The van der Waals surface area contributed by atoms with Crippen LogP contribution in [0.3, 0.4) is 0 Å². The summed E-state index contributed by atoms with van der Waals surface area (Å²) in [5.74, 6) is -0.360. The van der Waals surface area contributed by atoms with Gasteiger partial charge in [-0.25, -0.2) is 17.8 Å². The molecule has 0 aliphatic rings. The first-order chi connectivity index (χ1) is 14.2. The van der Waals surface area contributed by atoms with Crippen LogP contribution >= 0.6 is 11.3 Å². The van der Waals surface area contributed by atoms with E-state index >= 15 is 0 Å². The Labute approximate surface area is 179 Å². The summed E-state index contributed by atoms with van der Waals surface area (Å²) < 4.78 is 40.1. The first kappa shape index (κ1) is 21.9. The number of anilines is 2. The van der Waals surface area contributed by atoms with E-state index in [2.05, 4.69) is 28.9 Å². The van der Waals surface area contributed by atoms with Crippen LogP contribution in [0.5, 0.6) is 0 Å². The largest absolute Gasteiger partial charge is 0.326 e. The first-order valence-corrected chi connectivity index (χ1v) is 11.7. The lowest BCUT2D eigenvalue weighted by Crippen LogP contribution is -2.14. The van der Waals surface area contributed by atoms with Crippen LogP contribution in [0.15, 0.2) is 58.8 Å². The smallest absolute Gasteiger partial charge is 0.263 e. The maximum absolute atomic E-state index is 13.0. The van der Waals surface area contributed by atoms with Crippen molar-refractivity contribution in [1.29, 1.82) is 0 Å². The van der Waals surface area contributed by atoms with Crippen molar-refractivity contribution in [2.24, 2.45) is 0 Å². The van der Waals surface area contributed by atoms with Crippen LogP contribution in [0.25, 0.3) is 0 Å². The summed E-state index contributed by atoms with van der Waals surface area (Å²) in [6, 6.07) is 12.2. The average Bonchev–Trinajstić information content (AvgIpc) is 3.13. The highest BCUT2D eigenvalue weighted by molar-refractivity contribution is 7.93. The molecule has 0 unspecified atom stereocenters. The van der Waals surface area contributed by atoms with E-state index in [0.29, 0.717) is 12.1 Å². The Morgan fingerprint density at radius 3 is 2.53 bits per heavy atom. The van der Waals surface area contributed by atoms with Crippen molar-refractivity contribution in [2.75, 3.05) is 10.0 Å². The van der Waals surface area contributed by atoms with E-state index < -0.39 is 15.8 Å². The van der Waals surface area contributed by atoms with E-state index in [1.165, 1.54) is 12.1 Å². The van der Waals surface area contributed by atoms with Gasteiger partial charge in [0.25, 0.3) is 10.0 Å². The van der Waals surface area contributed by atoms with Gasteiger partial charge in [-0.2, -0.15) is 0 Å². The number of aryl methyl sites for hydroxylation is 1. The summed E-state index contributed by atoms with van der Waals surface area (Å²) in [4.78, 5) is 16.5. The molecule has 30 heavy (non-hydrogen) atoms. The quantitative estimate of drug-likeness (QED) is 0.520. The summed E-state index contributed by atoms with van der Waals surface area (Å²) in [6.07, 6.45) is 0.602. The van der Waals surface area contributed by atoms with E-state index in [1.807, 2.05) is 24.3 Å². The van der Waals surface area contributed by atoms with Crippen LogP contribution < -0.4 is 10.0 Å². The molecule has 2 aromatic carbocycles. The maximum atomic E-state index is 13.0. The zero-order chi connectivity index (χ0) is 21.7. The van der Waals surface area contributed by atoms with Crippen molar-refractivity contribution in [3.8, 4) is 0 Å². The molecule has 2 N–H and O–H groups in total. The molecule has 1 amide bonds. The number of rotatable bonds is 8. The molecule has 0 aliphatic carbocycles. The van der Waals surface area contributed by atoms with Gasteiger partial charge < -0.3 is 5.32 Å². The number of thiazole rings is 1. The Morgan fingerprint density at radius 1 is 1.13 bits per heavy atom. The van der Waals surface area contributed by atoms with Gasteiger partial charge in [0.05, 0.1) is 10.6 Å². The van der Waals surface area contributed by atoms with Gasteiger partial charge in [0, 0.05) is 17.5 Å². The lowest BCUT2D eigenvalue weighted by Gasteiger charge is -2.13. The molecule has 9 heteroatoms. The van der Waals surface area contributed by atoms with Gasteiger partial charge in [-0.3, -0.25) is 9.52 Å². The highest BCUT2D eigenvalue weighted by Gasteiger charge is 2.17. The number of benzene rings is 2. The topological polar surface area (TPSA) is 88.2 Å². The van der Waals surface area contributed by atoms with E-state index in [-0.39, 0.29) is 28.3 Å². The molecular weight excluding hydrogens is 425 g/mol. The van der Waals surface area contributed by atoms with Crippen LogP contribution in [-0.4, -0.2) is 19.3 Å². The second-order valence-electron chi connectivity index (χ2n) is 6.99. The van der Waals surface area contributed by atoms with Crippen molar-refractivity contribution in [3.63, 3.8) is 0 Å². The zero-order valence-electron chi connectivity index (χ0n) is 16.6. The molecule has 0 saturated carbocycles. The number of carbonyl (C=O) groups is 1. The predicted molar refractivity (Wildman–Crippen MR) is 117 cm³/mol. The number of amides is 1. The molecule has 1 aromatic heterocycles. The van der Waals surface area contributed by atoms with Crippen LogP contribution in [0.1, 0.15) is 37.4 Å². The minimum absolute atomic E-state index is 0.0520. The first-order valence-electron chi connectivity index (χ1n) is 9.36. The number of hydrogen-bond donors (Lipinski definition) is 2. The van der Waals surface area contributed by atoms with E-state index in [4.69, 9.17) is 0 Å². The third kappa shape index (κ3) is 5.64. The lowest BCUT2D eigenvalue weighted by molar-refractivity contribution is -0.116. The van der Waals surface area contributed by atoms with E-state index in [1.54, 1.807) is 5.38 Å². The Morgan fingerprint density at radius 2 is 1.83 bits per heavy atom. The number of carbonyl (C=O) groups excluding carboxylic acids is 1. The summed E-state index contributed by atoms with van der Waals surface area (Å²) in [6.45, 7) is 4.13. The van der Waals surface area contributed by atoms with Gasteiger partial charge >= 0.3 is 0 Å². The average molecular weight is 448 g/mol. The van der Waals surface area contributed by atoms with Gasteiger partial charge in [-0.15, -0.1) is 11.3 Å². The Balaban J connectivity index is 1.58. The lowest BCUT2D eigenvalue weighted by atomic mass is 10.0. The molecule has 158 valence electrons.